The standard InChI is InChI=1S/C9H6Cl2N4S/c10-7-2-1-3-8(11)6(7)4-13-15-5-12-14-9(15)16/h1-5H,(H,14,16). The molecule has 0 fully saturated rings. The van der Waals surface area contributed by atoms with Crippen LogP contribution in [0.2, 0.25) is 10.0 Å². The maximum Gasteiger partial charge on any atom is 0.216 e. The summed E-state index contributed by atoms with van der Waals surface area (Å²) in [5.74, 6) is 0. The van der Waals surface area contributed by atoms with Gasteiger partial charge in [-0.05, 0) is 24.4 Å². The van der Waals surface area contributed by atoms with Gasteiger partial charge >= 0.3 is 0 Å². The first kappa shape index (κ1) is 11.3. The van der Waals surface area contributed by atoms with Crippen LogP contribution in [-0.2, 0) is 0 Å². The minimum atomic E-state index is 0.402. The van der Waals surface area contributed by atoms with Crippen molar-refractivity contribution in [1.29, 1.82) is 0 Å². The first-order chi connectivity index (χ1) is 7.68. The Balaban J connectivity index is 2.38. The van der Waals surface area contributed by atoms with Crippen molar-refractivity contribution < 1.29 is 0 Å². The lowest BCUT2D eigenvalue weighted by Gasteiger charge is -1.99. The Morgan fingerprint density at radius 2 is 2.06 bits per heavy atom. The molecule has 4 nitrogen and oxygen atoms in total. The molecular weight excluding hydrogens is 267 g/mol. The van der Waals surface area contributed by atoms with Crippen LogP contribution >= 0.6 is 35.4 Å². The van der Waals surface area contributed by atoms with Crippen LogP contribution in [-0.4, -0.2) is 21.1 Å². The molecule has 0 radical (unpaired) electrons. The normalized spacial score (nSPS) is 11.1. The van der Waals surface area contributed by atoms with Crippen molar-refractivity contribution in [2.45, 2.75) is 0 Å². The van der Waals surface area contributed by atoms with Crippen molar-refractivity contribution in [3.8, 4) is 0 Å². The molecule has 0 bridgehead atoms. The highest BCUT2D eigenvalue weighted by atomic mass is 35.5. The van der Waals surface area contributed by atoms with Crippen molar-refractivity contribution in [3.63, 3.8) is 0 Å². The van der Waals surface area contributed by atoms with Gasteiger partial charge in [0.1, 0.15) is 6.33 Å². The van der Waals surface area contributed by atoms with Gasteiger partial charge in [0.05, 0.1) is 16.3 Å². The van der Waals surface area contributed by atoms with Crippen molar-refractivity contribution in [2.75, 3.05) is 0 Å². The molecule has 0 aliphatic heterocycles. The molecule has 82 valence electrons. The van der Waals surface area contributed by atoms with Crippen molar-refractivity contribution in [3.05, 3.63) is 44.9 Å². The van der Waals surface area contributed by atoms with E-state index in [1.807, 2.05) is 0 Å². The Morgan fingerprint density at radius 1 is 1.38 bits per heavy atom. The third-order valence-electron chi connectivity index (χ3n) is 1.85. The Morgan fingerprint density at radius 3 is 2.62 bits per heavy atom. The third kappa shape index (κ3) is 2.32. The van der Waals surface area contributed by atoms with E-state index in [2.05, 4.69) is 15.3 Å². The molecule has 0 saturated heterocycles. The number of H-pyrrole nitrogens is 1. The van der Waals surface area contributed by atoms with Crippen LogP contribution < -0.4 is 0 Å². The quantitative estimate of drug-likeness (QED) is 0.675. The van der Waals surface area contributed by atoms with Crippen molar-refractivity contribution in [1.82, 2.24) is 14.9 Å². The highest BCUT2D eigenvalue weighted by Gasteiger charge is 2.01. The van der Waals surface area contributed by atoms with Crippen LogP contribution in [0, 0.1) is 4.77 Å². The van der Waals surface area contributed by atoms with E-state index in [1.54, 1.807) is 18.2 Å². The molecule has 7 heteroatoms. The van der Waals surface area contributed by atoms with Crippen molar-refractivity contribution >= 4 is 41.6 Å². The SMILES string of the molecule is S=c1[nH]ncn1N=Cc1c(Cl)cccc1Cl. The fraction of sp³-hybridized carbons (Fsp3) is 0. The number of aromatic nitrogens is 3. The first-order valence-electron chi connectivity index (χ1n) is 4.29. The van der Waals surface area contributed by atoms with E-state index in [0.717, 1.165) is 0 Å². The van der Waals surface area contributed by atoms with E-state index in [4.69, 9.17) is 35.4 Å². The maximum atomic E-state index is 5.98. The van der Waals surface area contributed by atoms with E-state index in [-0.39, 0.29) is 0 Å². The minimum absolute atomic E-state index is 0.402. The summed E-state index contributed by atoms with van der Waals surface area (Å²) in [7, 11) is 0. The highest BCUT2D eigenvalue weighted by Crippen LogP contribution is 2.22. The van der Waals surface area contributed by atoms with Gasteiger partial charge in [0, 0.05) is 5.56 Å². The highest BCUT2D eigenvalue weighted by molar-refractivity contribution is 7.71. The zero-order valence-corrected chi connectivity index (χ0v) is 10.2. The fourth-order valence-corrected chi connectivity index (χ4v) is 1.72. The zero-order valence-electron chi connectivity index (χ0n) is 7.89. The van der Waals surface area contributed by atoms with E-state index < -0.39 is 0 Å². The molecule has 2 rings (SSSR count). The van der Waals surface area contributed by atoms with Gasteiger partial charge < -0.3 is 0 Å². The molecule has 0 aliphatic carbocycles. The zero-order chi connectivity index (χ0) is 11.5. The second-order valence-electron chi connectivity index (χ2n) is 2.89. The summed E-state index contributed by atoms with van der Waals surface area (Å²) in [6.45, 7) is 0. The van der Waals surface area contributed by atoms with Gasteiger partial charge in [0.25, 0.3) is 0 Å². The first-order valence-corrected chi connectivity index (χ1v) is 5.45. The summed E-state index contributed by atoms with van der Waals surface area (Å²) in [4.78, 5) is 0. The van der Waals surface area contributed by atoms with Crippen LogP contribution in [0.15, 0.2) is 29.6 Å². The topological polar surface area (TPSA) is 46.0 Å². The number of hydrogen-bond donors (Lipinski definition) is 1. The largest absolute Gasteiger partial charge is 0.250 e. The Kier molecular flexibility index (Phi) is 3.38. The summed E-state index contributed by atoms with van der Waals surface area (Å²) in [5, 5.41) is 11.5. The molecule has 1 heterocycles. The van der Waals surface area contributed by atoms with Gasteiger partial charge in [-0.15, -0.1) is 0 Å². The summed E-state index contributed by atoms with van der Waals surface area (Å²) in [5.41, 5.74) is 0.647. The number of nitrogens with zero attached hydrogens (tertiary/aromatic N) is 3. The predicted molar refractivity (Wildman–Crippen MR) is 66.9 cm³/mol. The van der Waals surface area contributed by atoms with Gasteiger partial charge in [-0.25, -0.2) is 0 Å². The van der Waals surface area contributed by atoms with Crippen LogP contribution in [0.4, 0.5) is 0 Å². The molecule has 1 N–H and O–H groups in total. The van der Waals surface area contributed by atoms with Crippen LogP contribution in [0.3, 0.4) is 0 Å². The molecule has 16 heavy (non-hydrogen) atoms. The number of halogens is 2. The van der Waals surface area contributed by atoms with E-state index >= 15 is 0 Å². The second kappa shape index (κ2) is 4.78. The van der Waals surface area contributed by atoms with Gasteiger partial charge in [0.2, 0.25) is 4.77 Å². The molecule has 0 unspecified atom stereocenters. The average Bonchev–Trinajstić information content (AvgIpc) is 2.64. The van der Waals surface area contributed by atoms with Crippen LogP contribution in [0.1, 0.15) is 5.56 Å². The molecule has 0 saturated carbocycles. The minimum Gasteiger partial charge on any atom is -0.250 e. The molecular formula is C9H6Cl2N4S. The van der Waals surface area contributed by atoms with E-state index in [0.29, 0.717) is 20.4 Å². The average molecular weight is 273 g/mol. The number of rotatable bonds is 2. The van der Waals surface area contributed by atoms with Gasteiger partial charge in [-0.2, -0.15) is 14.9 Å². The predicted octanol–water partition coefficient (Wildman–Crippen LogP) is 3.13. The van der Waals surface area contributed by atoms with Gasteiger partial charge in [0.15, 0.2) is 0 Å². The molecule has 0 spiro atoms. The number of hydrogen-bond acceptors (Lipinski definition) is 3. The molecule has 0 aliphatic rings. The van der Waals surface area contributed by atoms with E-state index in [9.17, 15) is 0 Å². The lowest BCUT2D eigenvalue weighted by molar-refractivity contribution is 0.863. The second-order valence-corrected chi connectivity index (χ2v) is 4.09. The third-order valence-corrected chi connectivity index (χ3v) is 2.78. The molecule has 1 aromatic carbocycles. The Labute approximate surface area is 107 Å². The summed E-state index contributed by atoms with van der Waals surface area (Å²) in [6, 6.07) is 5.25. The van der Waals surface area contributed by atoms with Gasteiger partial charge in [-0.1, -0.05) is 29.3 Å². The maximum absolute atomic E-state index is 5.98. The smallest absolute Gasteiger partial charge is 0.216 e. The molecule has 1 aromatic heterocycles. The monoisotopic (exact) mass is 272 g/mol. The number of nitrogens with one attached hydrogen (secondary N) is 1. The fourth-order valence-electron chi connectivity index (χ4n) is 1.08. The Hall–Kier alpha value is -1.17. The summed E-state index contributed by atoms with van der Waals surface area (Å²) >= 11 is 16.9. The number of aromatic amines is 1. The lowest BCUT2D eigenvalue weighted by Crippen LogP contribution is -1.90. The lowest BCUT2D eigenvalue weighted by atomic mass is 10.2. The van der Waals surface area contributed by atoms with Crippen molar-refractivity contribution in [2.24, 2.45) is 5.10 Å². The summed E-state index contributed by atoms with van der Waals surface area (Å²) in [6.07, 6.45) is 3.00. The number of benzene rings is 1. The molecule has 0 atom stereocenters. The van der Waals surface area contributed by atoms with Gasteiger partial charge in [-0.3, -0.25) is 5.10 Å². The van der Waals surface area contributed by atoms with Crippen LogP contribution in [0.25, 0.3) is 0 Å². The molecule has 0 amide bonds. The Bertz CT molecular complexity index is 567. The van der Waals surface area contributed by atoms with E-state index in [1.165, 1.54) is 17.2 Å². The molecule has 2 aromatic rings. The van der Waals surface area contributed by atoms with Crippen LogP contribution in [0.5, 0.6) is 0 Å². The summed E-state index contributed by atoms with van der Waals surface area (Å²) < 4.78 is 1.81.